The highest BCUT2D eigenvalue weighted by Gasteiger charge is 2.24. The van der Waals surface area contributed by atoms with Crippen molar-refractivity contribution in [2.45, 2.75) is 12.8 Å². The number of carbonyl (C=O) groups excluding carboxylic acids is 2. The number of furan rings is 1. The van der Waals surface area contributed by atoms with Gasteiger partial charge in [-0.15, -0.1) is 0 Å². The van der Waals surface area contributed by atoms with Gasteiger partial charge < -0.3 is 14.6 Å². The summed E-state index contributed by atoms with van der Waals surface area (Å²) in [5.74, 6) is 0.543. The van der Waals surface area contributed by atoms with Crippen molar-refractivity contribution in [3.8, 4) is 0 Å². The summed E-state index contributed by atoms with van der Waals surface area (Å²) in [4.78, 5) is 30.0. The van der Waals surface area contributed by atoms with Crippen molar-refractivity contribution in [1.82, 2.24) is 15.2 Å². The molecule has 0 saturated carbocycles. The number of rotatable bonds is 4. The highest BCUT2D eigenvalue weighted by atomic mass is 16.3. The Morgan fingerprint density at radius 2 is 2.09 bits per heavy atom. The van der Waals surface area contributed by atoms with Gasteiger partial charge in [-0.25, -0.2) is 0 Å². The largest absolute Gasteiger partial charge is 0.459 e. The van der Waals surface area contributed by atoms with Gasteiger partial charge in [0.2, 0.25) is 0 Å². The van der Waals surface area contributed by atoms with Crippen LogP contribution < -0.4 is 5.32 Å². The van der Waals surface area contributed by atoms with Crippen LogP contribution in [0.5, 0.6) is 0 Å². The fourth-order valence-corrected chi connectivity index (χ4v) is 2.74. The number of pyridine rings is 1. The van der Waals surface area contributed by atoms with Crippen molar-refractivity contribution in [2.75, 3.05) is 19.6 Å². The van der Waals surface area contributed by atoms with Gasteiger partial charge >= 0.3 is 0 Å². The van der Waals surface area contributed by atoms with Crippen molar-refractivity contribution in [3.63, 3.8) is 0 Å². The maximum atomic E-state index is 12.3. The Morgan fingerprint density at radius 1 is 1.26 bits per heavy atom. The molecule has 1 N–H and O–H groups in total. The van der Waals surface area contributed by atoms with Crippen molar-refractivity contribution in [3.05, 3.63) is 54.2 Å². The molecule has 1 aliphatic rings. The molecule has 2 amide bonds. The van der Waals surface area contributed by atoms with E-state index in [9.17, 15) is 9.59 Å². The summed E-state index contributed by atoms with van der Waals surface area (Å²) in [5.41, 5.74) is 0.622. The molecule has 0 radical (unpaired) electrons. The van der Waals surface area contributed by atoms with Gasteiger partial charge in [0, 0.05) is 32.0 Å². The van der Waals surface area contributed by atoms with Gasteiger partial charge in [-0.2, -0.15) is 0 Å². The molecule has 0 bridgehead atoms. The Kier molecular flexibility index (Phi) is 4.71. The maximum Gasteiger partial charge on any atom is 0.286 e. The van der Waals surface area contributed by atoms with E-state index in [4.69, 9.17) is 4.42 Å². The lowest BCUT2D eigenvalue weighted by Crippen LogP contribution is -2.41. The van der Waals surface area contributed by atoms with Crippen LogP contribution in [0.15, 0.2) is 47.3 Å². The van der Waals surface area contributed by atoms with Gasteiger partial charge in [-0.3, -0.25) is 14.6 Å². The fourth-order valence-electron chi connectivity index (χ4n) is 2.74. The standard InChI is InChI=1S/C17H19N3O3/c21-16(15-4-2-10-23-15)19-11-13-5-8-20(9-6-13)17(22)14-3-1-7-18-12-14/h1-4,7,10,12-13H,5-6,8-9,11H2,(H,19,21). The molecular weight excluding hydrogens is 294 g/mol. The zero-order chi connectivity index (χ0) is 16.1. The third-order valence-electron chi connectivity index (χ3n) is 4.11. The van der Waals surface area contributed by atoms with E-state index in [2.05, 4.69) is 10.3 Å². The first-order chi connectivity index (χ1) is 11.2. The van der Waals surface area contributed by atoms with Gasteiger partial charge in [0.15, 0.2) is 5.76 Å². The average Bonchev–Trinajstić information content (AvgIpc) is 3.15. The van der Waals surface area contributed by atoms with Crippen LogP contribution in [0.2, 0.25) is 0 Å². The van der Waals surface area contributed by atoms with E-state index >= 15 is 0 Å². The average molecular weight is 313 g/mol. The van der Waals surface area contributed by atoms with Crippen LogP contribution in [-0.4, -0.2) is 41.3 Å². The van der Waals surface area contributed by atoms with E-state index in [0.717, 1.165) is 12.8 Å². The quantitative estimate of drug-likeness (QED) is 0.936. The van der Waals surface area contributed by atoms with Crippen molar-refractivity contribution in [2.24, 2.45) is 5.92 Å². The number of hydrogen-bond donors (Lipinski definition) is 1. The Morgan fingerprint density at radius 3 is 2.74 bits per heavy atom. The first kappa shape index (κ1) is 15.3. The second kappa shape index (κ2) is 7.09. The molecule has 0 spiro atoms. The van der Waals surface area contributed by atoms with E-state index < -0.39 is 0 Å². The highest BCUT2D eigenvalue weighted by molar-refractivity contribution is 5.94. The molecule has 120 valence electrons. The summed E-state index contributed by atoms with van der Waals surface area (Å²) in [6, 6.07) is 6.89. The number of likely N-dealkylation sites (tertiary alicyclic amines) is 1. The first-order valence-corrected chi connectivity index (χ1v) is 7.75. The van der Waals surface area contributed by atoms with Gasteiger partial charge in [0.25, 0.3) is 11.8 Å². The number of piperidine rings is 1. The number of nitrogens with one attached hydrogen (secondary N) is 1. The van der Waals surface area contributed by atoms with Crippen LogP contribution in [0.1, 0.15) is 33.8 Å². The number of nitrogens with zero attached hydrogens (tertiary/aromatic N) is 2. The van der Waals surface area contributed by atoms with Gasteiger partial charge in [-0.05, 0) is 43.0 Å². The Bertz CT molecular complexity index is 647. The molecule has 0 aromatic carbocycles. The number of aromatic nitrogens is 1. The predicted octanol–water partition coefficient (Wildman–Crippen LogP) is 1.96. The molecule has 1 aliphatic heterocycles. The summed E-state index contributed by atoms with van der Waals surface area (Å²) in [5, 5.41) is 2.88. The van der Waals surface area contributed by atoms with E-state index in [1.807, 2.05) is 4.90 Å². The van der Waals surface area contributed by atoms with Crippen molar-refractivity contribution >= 4 is 11.8 Å². The second-order valence-electron chi connectivity index (χ2n) is 5.66. The van der Waals surface area contributed by atoms with E-state index in [0.29, 0.717) is 36.9 Å². The monoisotopic (exact) mass is 313 g/mol. The van der Waals surface area contributed by atoms with Crippen molar-refractivity contribution in [1.29, 1.82) is 0 Å². The molecule has 1 fully saturated rings. The Hall–Kier alpha value is -2.63. The molecule has 0 aliphatic carbocycles. The Balaban J connectivity index is 1.45. The summed E-state index contributed by atoms with van der Waals surface area (Å²) < 4.78 is 5.06. The zero-order valence-corrected chi connectivity index (χ0v) is 12.8. The maximum absolute atomic E-state index is 12.3. The molecule has 2 aromatic rings. The summed E-state index contributed by atoms with van der Waals surface area (Å²) >= 11 is 0. The molecule has 3 heterocycles. The first-order valence-electron chi connectivity index (χ1n) is 7.75. The number of carbonyl (C=O) groups is 2. The molecule has 2 aromatic heterocycles. The molecule has 6 nitrogen and oxygen atoms in total. The minimum absolute atomic E-state index is 0.0242. The topological polar surface area (TPSA) is 75.4 Å². The predicted molar refractivity (Wildman–Crippen MR) is 83.9 cm³/mol. The van der Waals surface area contributed by atoms with Crippen LogP contribution in [0.4, 0.5) is 0 Å². The molecule has 0 unspecified atom stereocenters. The SMILES string of the molecule is O=C(NCC1CCN(C(=O)c2cccnc2)CC1)c1ccco1. The highest BCUT2D eigenvalue weighted by Crippen LogP contribution is 2.18. The Labute approximate surface area is 134 Å². The lowest BCUT2D eigenvalue weighted by molar-refractivity contribution is 0.0683. The number of amides is 2. The minimum Gasteiger partial charge on any atom is -0.459 e. The van der Waals surface area contributed by atoms with Crippen LogP contribution in [-0.2, 0) is 0 Å². The molecule has 23 heavy (non-hydrogen) atoms. The smallest absolute Gasteiger partial charge is 0.286 e. The lowest BCUT2D eigenvalue weighted by atomic mass is 9.96. The fraction of sp³-hybridized carbons (Fsp3) is 0.353. The third-order valence-corrected chi connectivity index (χ3v) is 4.11. The summed E-state index contributed by atoms with van der Waals surface area (Å²) in [6.07, 6.45) is 6.50. The minimum atomic E-state index is -0.191. The third kappa shape index (κ3) is 3.77. The van der Waals surface area contributed by atoms with E-state index in [-0.39, 0.29) is 11.8 Å². The van der Waals surface area contributed by atoms with E-state index in [1.165, 1.54) is 6.26 Å². The molecule has 3 rings (SSSR count). The zero-order valence-electron chi connectivity index (χ0n) is 12.8. The van der Waals surface area contributed by atoms with Crippen molar-refractivity contribution < 1.29 is 14.0 Å². The summed E-state index contributed by atoms with van der Waals surface area (Å²) in [6.45, 7) is 2.01. The van der Waals surface area contributed by atoms with E-state index in [1.54, 1.807) is 36.7 Å². The van der Waals surface area contributed by atoms with Gasteiger partial charge in [-0.1, -0.05) is 0 Å². The lowest BCUT2D eigenvalue weighted by Gasteiger charge is -2.32. The van der Waals surface area contributed by atoms with Gasteiger partial charge in [0.1, 0.15) is 0 Å². The molecule has 6 heteroatoms. The molecular formula is C17H19N3O3. The van der Waals surface area contributed by atoms with Crippen LogP contribution >= 0.6 is 0 Å². The molecule has 1 saturated heterocycles. The second-order valence-corrected chi connectivity index (χ2v) is 5.66. The van der Waals surface area contributed by atoms with Gasteiger partial charge in [0.05, 0.1) is 11.8 Å². The summed E-state index contributed by atoms with van der Waals surface area (Å²) in [7, 11) is 0. The van der Waals surface area contributed by atoms with Crippen LogP contribution in [0, 0.1) is 5.92 Å². The normalized spacial score (nSPS) is 15.4. The van der Waals surface area contributed by atoms with Crippen LogP contribution in [0.25, 0.3) is 0 Å². The molecule has 0 atom stereocenters. The number of hydrogen-bond acceptors (Lipinski definition) is 4. The van der Waals surface area contributed by atoms with Crippen LogP contribution in [0.3, 0.4) is 0 Å².